The molecule has 0 spiro atoms. The molecule has 128 valence electrons. The molecule has 0 saturated carbocycles. The van der Waals surface area contributed by atoms with Gasteiger partial charge in [0.2, 0.25) is 0 Å². The van der Waals surface area contributed by atoms with Gasteiger partial charge in [-0.15, -0.1) is 0 Å². The van der Waals surface area contributed by atoms with Gasteiger partial charge in [0.05, 0.1) is 11.4 Å². The highest BCUT2D eigenvalue weighted by Crippen LogP contribution is 2.34. The number of hydrogen-bond donors (Lipinski definition) is 2. The first-order valence-electron chi connectivity index (χ1n) is 8.65. The van der Waals surface area contributed by atoms with E-state index < -0.39 is 0 Å². The highest BCUT2D eigenvalue weighted by Gasteiger charge is 2.16. The number of aromatic hydroxyl groups is 1. The van der Waals surface area contributed by atoms with Crippen LogP contribution in [0, 0.1) is 13.8 Å². The lowest BCUT2D eigenvalue weighted by Gasteiger charge is -2.06. The lowest BCUT2D eigenvalue weighted by molar-refractivity contribution is 0.467. The molecule has 0 saturated heterocycles. The summed E-state index contributed by atoms with van der Waals surface area (Å²) in [5.41, 5.74) is 6.75. The number of hydrogen-bond acceptors (Lipinski definition) is 2. The number of aromatic amines is 1. The number of rotatable bonds is 3. The first-order chi connectivity index (χ1) is 12.6. The minimum Gasteiger partial charge on any atom is -0.507 e. The fraction of sp³-hybridized carbons (Fsp3) is 0.0870. The third-order valence-electron chi connectivity index (χ3n) is 4.58. The van der Waals surface area contributed by atoms with Gasteiger partial charge in [0.1, 0.15) is 11.6 Å². The van der Waals surface area contributed by atoms with E-state index in [2.05, 4.69) is 29.2 Å². The van der Waals surface area contributed by atoms with Gasteiger partial charge in [-0.1, -0.05) is 60.7 Å². The molecule has 4 rings (SSSR count). The van der Waals surface area contributed by atoms with Gasteiger partial charge in [0.25, 0.3) is 0 Å². The zero-order valence-corrected chi connectivity index (χ0v) is 14.8. The van der Waals surface area contributed by atoms with Crippen LogP contribution in [0.2, 0.25) is 0 Å². The smallest absolute Gasteiger partial charge is 0.138 e. The maximum atomic E-state index is 10.1. The Bertz CT molecular complexity index is 970. The quantitative estimate of drug-likeness (QED) is 0.500. The minimum absolute atomic E-state index is 0.340. The van der Waals surface area contributed by atoms with E-state index >= 15 is 0 Å². The van der Waals surface area contributed by atoms with Crippen molar-refractivity contribution < 1.29 is 5.11 Å². The van der Waals surface area contributed by atoms with Crippen molar-refractivity contribution in [2.24, 2.45) is 0 Å². The third-order valence-corrected chi connectivity index (χ3v) is 4.58. The molecule has 26 heavy (non-hydrogen) atoms. The number of nitrogens with zero attached hydrogens (tertiary/aromatic N) is 1. The van der Waals surface area contributed by atoms with Crippen molar-refractivity contribution in [2.45, 2.75) is 13.8 Å². The molecule has 3 aromatic carbocycles. The minimum atomic E-state index is 0.340. The van der Waals surface area contributed by atoms with E-state index in [9.17, 15) is 5.11 Å². The fourth-order valence-corrected chi connectivity index (χ4v) is 3.22. The molecule has 0 bridgehead atoms. The number of benzene rings is 3. The first-order valence-corrected chi connectivity index (χ1v) is 8.65. The van der Waals surface area contributed by atoms with Gasteiger partial charge in [-0.3, -0.25) is 0 Å². The molecule has 0 unspecified atom stereocenters. The van der Waals surface area contributed by atoms with Crippen molar-refractivity contribution in [1.82, 2.24) is 9.97 Å². The number of nitrogens with one attached hydrogen (secondary N) is 1. The number of H-pyrrole nitrogens is 1. The Morgan fingerprint density at radius 3 is 1.85 bits per heavy atom. The molecule has 0 aliphatic rings. The van der Waals surface area contributed by atoms with Crippen LogP contribution in [0.4, 0.5) is 0 Å². The van der Waals surface area contributed by atoms with E-state index in [1.54, 1.807) is 0 Å². The van der Waals surface area contributed by atoms with Crippen LogP contribution in [0.15, 0.2) is 72.8 Å². The summed E-state index contributed by atoms with van der Waals surface area (Å²) in [6.07, 6.45) is 0. The van der Waals surface area contributed by atoms with E-state index in [0.29, 0.717) is 5.75 Å². The molecule has 0 aliphatic heterocycles. The monoisotopic (exact) mass is 340 g/mol. The van der Waals surface area contributed by atoms with Crippen molar-refractivity contribution in [3.05, 3.63) is 83.9 Å². The Morgan fingerprint density at radius 2 is 1.27 bits per heavy atom. The summed E-state index contributed by atoms with van der Waals surface area (Å²) in [6.45, 7) is 3.82. The number of phenols is 1. The second kappa shape index (κ2) is 6.52. The van der Waals surface area contributed by atoms with Gasteiger partial charge in [0.15, 0.2) is 0 Å². The van der Waals surface area contributed by atoms with Gasteiger partial charge < -0.3 is 10.1 Å². The van der Waals surface area contributed by atoms with E-state index in [0.717, 1.165) is 45.0 Å². The maximum absolute atomic E-state index is 10.1. The highest BCUT2D eigenvalue weighted by atomic mass is 16.3. The average Bonchev–Trinajstić information content (AvgIpc) is 3.12. The van der Waals surface area contributed by atoms with Crippen molar-refractivity contribution in [1.29, 1.82) is 0 Å². The molecule has 0 fully saturated rings. The topological polar surface area (TPSA) is 48.9 Å². The van der Waals surface area contributed by atoms with Crippen LogP contribution >= 0.6 is 0 Å². The molecule has 0 atom stereocenters. The number of imidazole rings is 1. The molecule has 4 aromatic rings. The summed E-state index contributed by atoms with van der Waals surface area (Å²) in [5, 5.41) is 10.1. The number of aryl methyl sites for hydroxylation is 2. The summed E-state index contributed by atoms with van der Waals surface area (Å²) in [5.74, 6) is 1.14. The zero-order chi connectivity index (χ0) is 18.1. The van der Waals surface area contributed by atoms with Gasteiger partial charge in [-0.05, 0) is 37.1 Å². The van der Waals surface area contributed by atoms with Crippen LogP contribution in [0.3, 0.4) is 0 Å². The largest absolute Gasteiger partial charge is 0.507 e. The second-order valence-electron chi connectivity index (χ2n) is 6.50. The number of aromatic nitrogens is 2. The summed E-state index contributed by atoms with van der Waals surface area (Å²) < 4.78 is 0. The van der Waals surface area contributed by atoms with Crippen LogP contribution < -0.4 is 0 Å². The molecule has 0 amide bonds. The second-order valence-corrected chi connectivity index (χ2v) is 6.50. The van der Waals surface area contributed by atoms with Crippen LogP contribution in [-0.2, 0) is 0 Å². The molecule has 3 nitrogen and oxygen atoms in total. The summed E-state index contributed by atoms with van der Waals surface area (Å²) in [7, 11) is 0. The first kappa shape index (κ1) is 16.2. The Balaban J connectivity index is 1.92. The Hall–Kier alpha value is -3.33. The molecule has 3 heteroatoms. The third kappa shape index (κ3) is 2.88. The Morgan fingerprint density at radius 1 is 0.731 bits per heavy atom. The Labute approximate surface area is 153 Å². The molecule has 0 radical (unpaired) electrons. The predicted octanol–water partition coefficient (Wildman–Crippen LogP) is 5.73. The van der Waals surface area contributed by atoms with Crippen LogP contribution in [0.25, 0.3) is 33.9 Å². The van der Waals surface area contributed by atoms with E-state index in [1.807, 2.05) is 62.4 Å². The summed E-state index contributed by atoms with van der Waals surface area (Å²) >= 11 is 0. The molecule has 0 aliphatic carbocycles. The van der Waals surface area contributed by atoms with Crippen LogP contribution in [0.1, 0.15) is 11.1 Å². The lowest BCUT2D eigenvalue weighted by Crippen LogP contribution is -1.86. The van der Waals surface area contributed by atoms with Crippen molar-refractivity contribution in [2.75, 3.05) is 0 Å². The maximum Gasteiger partial charge on any atom is 0.138 e. The molecule has 1 aromatic heterocycles. The molecule has 2 N–H and O–H groups in total. The van der Waals surface area contributed by atoms with Gasteiger partial charge >= 0.3 is 0 Å². The fourth-order valence-electron chi connectivity index (χ4n) is 3.22. The molecular weight excluding hydrogens is 320 g/mol. The summed E-state index contributed by atoms with van der Waals surface area (Å²) in [4.78, 5) is 8.40. The SMILES string of the molecule is Cc1cc(-c2nc(-c3ccccc3)c(-c3ccccc3)[nH]2)cc(C)c1O. The lowest BCUT2D eigenvalue weighted by atomic mass is 10.1. The number of phenolic OH excluding ortho intramolecular Hbond substituents is 1. The van der Waals surface area contributed by atoms with E-state index in [4.69, 9.17) is 4.98 Å². The van der Waals surface area contributed by atoms with E-state index in [1.165, 1.54) is 0 Å². The predicted molar refractivity (Wildman–Crippen MR) is 106 cm³/mol. The average molecular weight is 340 g/mol. The standard InChI is InChI=1S/C23H20N2O/c1-15-13-19(14-16(2)22(15)26)23-24-20(17-9-5-3-6-10-17)21(25-23)18-11-7-4-8-12-18/h3-14,26H,1-2H3,(H,24,25). The van der Waals surface area contributed by atoms with E-state index in [-0.39, 0.29) is 0 Å². The summed E-state index contributed by atoms with van der Waals surface area (Å²) in [6, 6.07) is 24.3. The normalized spacial score (nSPS) is 10.8. The van der Waals surface area contributed by atoms with Crippen molar-refractivity contribution in [3.8, 4) is 39.7 Å². The van der Waals surface area contributed by atoms with Gasteiger partial charge in [-0.2, -0.15) is 0 Å². The van der Waals surface area contributed by atoms with Gasteiger partial charge in [-0.25, -0.2) is 4.98 Å². The Kier molecular flexibility index (Phi) is 4.05. The van der Waals surface area contributed by atoms with Crippen LogP contribution in [-0.4, -0.2) is 15.1 Å². The molecule has 1 heterocycles. The van der Waals surface area contributed by atoms with Crippen molar-refractivity contribution >= 4 is 0 Å². The van der Waals surface area contributed by atoms with Crippen LogP contribution in [0.5, 0.6) is 5.75 Å². The van der Waals surface area contributed by atoms with Crippen molar-refractivity contribution in [3.63, 3.8) is 0 Å². The zero-order valence-electron chi connectivity index (χ0n) is 14.8. The molecular formula is C23H20N2O. The van der Waals surface area contributed by atoms with Gasteiger partial charge in [0, 0.05) is 16.7 Å². The highest BCUT2D eigenvalue weighted by molar-refractivity contribution is 5.81.